The summed E-state index contributed by atoms with van der Waals surface area (Å²) in [6.45, 7) is 0.274. The maximum absolute atomic E-state index is 12.1. The number of urea groups is 2. The van der Waals surface area contributed by atoms with Crippen LogP contribution >= 0.6 is 0 Å². The fraction of sp³-hybridized carbons (Fsp3) is 0.769. The topological polar surface area (TPSA) is 102 Å². The van der Waals surface area contributed by atoms with E-state index in [4.69, 9.17) is 5.11 Å². The Labute approximate surface area is 124 Å². The van der Waals surface area contributed by atoms with E-state index in [1.54, 1.807) is 14.1 Å². The molecule has 0 saturated heterocycles. The number of carboxylic acids is 1. The van der Waals surface area contributed by atoms with Gasteiger partial charge in [-0.05, 0) is 12.8 Å². The number of hydrogen-bond donors (Lipinski definition) is 3. The first-order chi connectivity index (χ1) is 9.91. The highest BCUT2D eigenvalue weighted by molar-refractivity contribution is 5.80. The molecule has 0 aromatic rings. The minimum Gasteiger partial charge on any atom is -0.480 e. The van der Waals surface area contributed by atoms with Crippen LogP contribution in [-0.4, -0.2) is 72.7 Å². The van der Waals surface area contributed by atoms with Crippen LogP contribution in [0.5, 0.6) is 0 Å². The van der Waals surface area contributed by atoms with Crippen molar-refractivity contribution in [2.45, 2.75) is 31.7 Å². The first-order valence-electron chi connectivity index (χ1n) is 7.13. The van der Waals surface area contributed by atoms with Crippen molar-refractivity contribution in [1.29, 1.82) is 0 Å². The van der Waals surface area contributed by atoms with E-state index in [0.717, 1.165) is 25.7 Å². The molecule has 1 aliphatic rings. The molecule has 0 aromatic carbocycles. The van der Waals surface area contributed by atoms with E-state index in [0.29, 0.717) is 6.54 Å². The molecule has 0 unspecified atom stereocenters. The lowest BCUT2D eigenvalue weighted by Crippen LogP contribution is -2.49. The summed E-state index contributed by atoms with van der Waals surface area (Å²) in [4.78, 5) is 37.0. The number of nitrogens with one attached hydrogen (secondary N) is 2. The lowest BCUT2D eigenvalue weighted by atomic mass is 10.2. The van der Waals surface area contributed by atoms with Crippen LogP contribution in [0.2, 0.25) is 0 Å². The van der Waals surface area contributed by atoms with Gasteiger partial charge < -0.3 is 25.5 Å². The molecule has 21 heavy (non-hydrogen) atoms. The number of hydrogen-bond acceptors (Lipinski definition) is 3. The maximum Gasteiger partial charge on any atom is 0.323 e. The summed E-state index contributed by atoms with van der Waals surface area (Å²) in [5.74, 6) is -1.02. The molecule has 0 spiro atoms. The molecular weight excluding hydrogens is 276 g/mol. The van der Waals surface area contributed by atoms with Gasteiger partial charge in [0.1, 0.15) is 6.54 Å². The summed E-state index contributed by atoms with van der Waals surface area (Å²) in [6.07, 6.45) is 3.73. The van der Waals surface area contributed by atoms with Crippen molar-refractivity contribution in [3.05, 3.63) is 0 Å². The molecule has 8 nitrogen and oxygen atoms in total. The third-order valence-corrected chi connectivity index (χ3v) is 3.42. The molecule has 3 N–H and O–H groups in total. The first kappa shape index (κ1) is 17.1. The number of carbonyl (C=O) groups excluding carboxylic acids is 2. The van der Waals surface area contributed by atoms with Crippen molar-refractivity contribution in [3.8, 4) is 0 Å². The van der Waals surface area contributed by atoms with Gasteiger partial charge in [0.15, 0.2) is 0 Å². The van der Waals surface area contributed by atoms with Gasteiger partial charge >= 0.3 is 18.0 Å². The van der Waals surface area contributed by atoms with Crippen LogP contribution in [0.4, 0.5) is 9.59 Å². The second-order valence-corrected chi connectivity index (χ2v) is 5.32. The second-order valence-electron chi connectivity index (χ2n) is 5.32. The molecular formula is C13H24N4O4. The Balaban J connectivity index is 2.38. The Hall–Kier alpha value is -1.99. The molecule has 1 fully saturated rings. The smallest absolute Gasteiger partial charge is 0.323 e. The Kier molecular flexibility index (Phi) is 6.77. The van der Waals surface area contributed by atoms with Crippen LogP contribution in [0, 0.1) is 0 Å². The van der Waals surface area contributed by atoms with Gasteiger partial charge in [-0.25, -0.2) is 9.59 Å². The first-order valence-corrected chi connectivity index (χ1v) is 7.13. The number of aliphatic carboxylic acids is 1. The molecule has 0 aliphatic heterocycles. The second kappa shape index (κ2) is 8.33. The summed E-state index contributed by atoms with van der Waals surface area (Å²) in [6, 6.07) is -0.622. The molecule has 1 aliphatic carbocycles. The summed E-state index contributed by atoms with van der Waals surface area (Å²) in [7, 11) is 3.26. The molecule has 0 atom stereocenters. The summed E-state index contributed by atoms with van der Waals surface area (Å²) >= 11 is 0. The van der Waals surface area contributed by atoms with E-state index in [2.05, 4.69) is 10.6 Å². The van der Waals surface area contributed by atoms with Gasteiger partial charge in [-0.15, -0.1) is 0 Å². The number of nitrogens with zero attached hydrogens (tertiary/aromatic N) is 2. The summed E-state index contributed by atoms with van der Waals surface area (Å²) in [5.41, 5.74) is 0. The molecule has 0 aromatic heterocycles. The van der Waals surface area contributed by atoms with Crippen LogP contribution in [0.15, 0.2) is 0 Å². The quantitative estimate of drug-likeness (QED) is 0.614. The van der Waals surface area contributed by atoms with Crippen LogP contribution in [-0.2, 0) is 4.79 Å². The fourth-order valence-electron chi connectivity index (χ4n) is 2.33. The van der Waals surface area contributed by atoms with Crippen LogP contribution in [0.25, 0.3) is 0 Å². The lowest BCUT2D eigenvalue weighted by molar-refractivity contribution is -0.138. The van der Waals surface area contributed by atoms with Crippen molar-refractivity contribution >= 4 is 18.0 Å². The van der Waals surface area contributed by atoms with E-state index in [9.17, 15) is 14.4 Å². The molecule has 8 heteroatoms. The number of rotatable bonds is 6. The average Bonchev–Trinajstić information content (AvgIpc) is 2.93. The molecule has 1 saturated carbocycles. The van der Waals surface area contributed by atoms with Crippen LogP contribution in [0.1, 0.15) is 25.7 Å². The van der Waals surface area contributed by atoms with Crippen molar-refractivity contribution in [2.24, 2.45) is 0 Å². The zero-order valence-corrected chi connectivity index (χ0v) is 12.6. The monoisotopic (exact) mass is 300 g/mol. The Morgan fingerprint density at radius 1 is 1.05 bits per heavy atom. The molecule has 0 heterocycles. The summed E-state index contributed by atoms with van der Waals surface area (Å²) in [5, 5.41) is 14.2. The minimum atomic E-state index is -1.02. The molecule has 1 rings (SSSR count). The normalized spacial score (nSPS) is 14.6. The molecule has 120 valence electrons. The lowest BCUT2D eigenvalue weighted by Gasteiger charge is -2.27. The van der Waals surface area contributed by atoms with Gasteiger partial charge in [-0.1, -0.05) is 12.8 Å². The van der Waals surface area contributed by atoms with Crippen molar-refractivity contribution < 1.29 is 19.5 Å². The predicted octanol–water partition coefficient (Wildman–Crippen LogP) is 0.296. The number of amides is 4. The van der Waals surface area contributed by atoms with Gasteiger partial charge in [-0.3, -0.25) is 4.79 Å². The van der Waals surface area contributed by atoms with Gasteiger partial charge in [0.2, 0.25) is 0 Å². The zero-order valence-electron chi connectivity index (χ0n) is 12.6. The number of carbonyl (C=O) groups is 3. The van der Waals surface area contributed by atoms with E-state index in [1.807, 2.05) is 0 Å². The molecule has 0 bridgehead atoms. The largest absolute Gasteiger partial charge is 0.480 e. The Morgan fingerprint density at radius 2 is 1.57 bits per heavy atom. The zero-order chi connectivity index (χ0) is 15.8. The molecule has 0 radical (unpaired) electrons. The molecule has 4 amide bonds. The third-order valence-electron chi connectivity index (χ3n) is 3.42. The van der Waals surface area contributed by atoms with Crippen molar-refractivity contribution in [3.63, 3.8) is 0 Å². The third kappa shape index (κ3) is 5.88. The Bertz CT molecular complexity index is 380. The van der Waals surface area contributed by atoms with Gasteiger partial charge in [0.05, 0.1) is 0 Å². The van der Waals surface area contributed by atoms with E-state index in [1.165, 1.54) is 9.80 Å². The van der Waals surface area contributed by atoms with Crippen molar-refractivity contribution in [2.75, 3.05) is 33.7 Å². The van der Waals surface area contributed by atoms with Crippen LogP contribution < -0.4 is 10.6 Å². The van der Waals surface area contributed by atoms with E-state index in [-0.39, 0.29) is 31.2 Å². The minimum absolute atomic E-state index is 0.00235. The van der Waals surface area contributed by atoms with Gasteiger partial charge in [0.25, 0.3) is 0 Å². The fourth-order valence-corrected chi connectivity index (χ4v) is 2.33. The average molecular weight is 300 g/mol. The predicted molar refractivity (Wildman–Crippen MR) is 77.1 cm³/mol. The SMILES string of the molecule is CN(C)C(=O)NCCNC(=O)N(CC(=O)O)C1CCCC1. The maximum atomic E-state index is 12.1. The highest BCUT2D eigenvalue weighted by atomic mass is 16.4. The van der Waals surface area contributed by atoms with E-state index >= 15 is 0 Å². The van der Waals surface area contributed by atoms with Gasteiger partial charge in [0, 0.05) is 33.2 Å². The Morgan fingerprint density at radius 3 is 2.05 bits per heavy atom. The highest BCUT2D eigenvalue weighted by Gasteiger charge is 2.28. The van der Waals surface area contributed by atoms with Crippen molar-refractivity contribution in [1.82, 2.24) is 20.4 Å². The van der Waals surface area contributed by atoms with Gasteiger partial charge in [-0.2, -0.15) is 0 Å². The highest BCUT2D eigenvalue weighted by Crippen LogP contribution is 2.23. The standard InChI is InChI=1S/C13H24N4O4/c1-16(2)12(20)14-7-8-15-13(21)17(9-11(18)19)10-5-3-4-6-10/h10H,3-9H2,1-2H3,(H,14,20)(H,15,21)(H,18,19). The van der Waals surface area contributed by atoms with E-state index < -0.39 is 5.97 Å². The summed E-state index contributed by atoms with van der Waals surface area (Å²) < 4.78 is 0. The van der Waals surface area contributed by atoms with Crippen LogP contribution in [0.3, 0.4) is 0 Å². The number of carboxylic acid groups (broad SMARTS) is 1.